The van der Waals surface area contributed by atoms with E-state index in [0.717, 1.165) is 25.0 Å². The van der Waals surface area contributed by atoms with Gasteiger partial charge in [0.1, 0.15) is 0 Å². The van der Waals surface area contributed by atoms with Crippen molar-refractivity contribution in [2.45, 2.75) is 50.7 Å². The van der Waals surface area contributed by atoms with Crippen molar-refractivity contribution in [3.8, 4) is 0 Å². The monoisotopic (exact) mass is 272 g/mol. The van der Waals surface area contributed by atoms with Gasteiger partial charge in [-0.2, -0.15) is 9.40 Å². The SMILES string of the molecule is CCC1CCCN1S(=O)(=O)c1n[nH]c(C)c1CN. The van der Waals surface area contributed by atoms with Crippen LogP contribution in [0.15, 0.2) is 5.03 Å². The van der Waals surface area contributed by atoms with Crippen molar-refractivity contribution in [3.05, 3.63) is 11.3 Å². The molecule has 0 bridgehead atoms. The Bertz CT molecular complexity index is 523. The minimum atomic E-state index is -3.51. The Morgan fingerprint density at radius 3 is 2.89 bits per heavy atom. The van der Waals surface area contributed by atoms with Crippen molar-refractivity contribution < 1.29 is 8.42 Å². The summed E-state index contributed by atoms with van der Waals surface area (Å²) in [7, 11) is -3.51. The van der Waals surface area contributed by atoms with E-state index in [2.05, 4.69) is 10.2 Å². The van der Waals surface area contributed by atoms with Crippen LogP contribution in [-0.2, 0) is 16.6 Å². The van der Waals surface area contributed by atoms with Gasteiger partial charge in [-0.3, -0.25) is 5.10 Å². The third kappa shape index (κ3) is 2.06. The highest BCUT2D eigenvalue weighted by atomic mass is 32.2. The van der Waals surface area contributed by atoms with E-state index in [9.17, 15) is 8.42 Å². The number of H-pyrrole nitrogens is 1. The Morgan fingerprint density at radius 1 is 1.56 bits per heavy atom. The predicted octanol–water partition coefficient (Wildman–Crippen LogP) is 0.740. The van der Waals surface area contributed by atoms with Gasteiger partial charge in [-0.15, -0.1) is 0 Å². The maximum atomic E-state index is 12.6. The second kappa shape index (κ2) is 4.99. The zero-order chi connectivity index (χ0) is 13.3. The number of rotatable bonds is 4. The molecule has 0 aliphatic carbocycles. The molecular formula is C11H20N4O2S. The lowest BCUT2D eigenvalue weighted by Gasteiger charge is -2.22. The first kappa shape index (κ1) is 13.5. The molecule has 1 unspecified atom stereocenters. The summed E-state index contributed by atoms with van der Waals surface area (Å²) in [5, 5.41) is 6.75. The van der Waals surface area contributed by atoms with Gasteiger partial charge in [-0.1, -0.05) is 6.92 Å². The molecule has 0 radical (unpaired) electrons. The van der Waals surface area contributed by atoms with Crippen LogP contribution in [-0.4, -0.2) is 35.5 Å². The lowest BCUT2D eigenvalue weighted by Crippen LogP contribution is -2.35. The fourth-order valence-corrected chi connectivity index (χ4v) is 4.48. The molecule has 1 aliphatic rings. The first-order valence-corrected chi connectivity index (χ1v) is 7.72. The number of aromatic amines is 1. The second-order valence-electron chi connectivity index (χ2n) is 4.66. The summed E-state index contributed by atoms with van der Waals surface area (Å²) >= 11 is 0. The number of nitrogens with zero attached hydrogens (tertiary/aromatic N) is 2. The van der Waals surface area contributed by atoms with Crippen molar-refractivity contribution in [2.24, 2.45) is 5.73 Å². The topological polar surface area (TPSA) is 92.1 Å². The van der Waals surface area contributed by atoms with Crippen LogP contribution in [0.3, 0.4) is 0 Å². The minimum Gasteiger partial charge on any atom is -0.326 e. The molecule has 1 atom stereocenters. The number of nitrogens with two attached hydrogens (primary N) is 1. The highest BCUT2D eigenvalue weighted by Crippen LogP contribution is 2.28. The Balaban J connectivity index is 2.42. The number of aromatic nitrogens is 2. The molecule has 102 valence electrons. The first-order chi connectivity index (χ1) is 8.52. The van der Waals surface area contributed by atoms with Crippen molar-refractivity contribution in [1.82, 2.24) is 14.5 Å². The Hall–Kier alpha value is -0.920. The van der Waals surface area contributed by atoms with Gasteiger partial charge in [0.15, 0.2) is 5.03 Å². The Morgan fingerprint density at radius 2 is 2.28 bits per heavy atom. The molecule has 0 spiro atoms. The highest BCUT2D eigenvalue weighted by molar-refractivity contribution is 7.89. The molecule has 1 fully saturated rings. The number of hydrogen-bond donors (Lipinski definition) is 2. The van der Waals surface area contributed by atoms with E-state index in [-0.39, 0.29) is 17.6 Å². The highest BCUT2D eigenvalue weighted by Gasteiger charge is 2.37. The molecule has 6 nitrogen and oxygen atoms in total. The van der Waals surface area contributed by atoms with E-state index < -0.39 is 10.0 Å². The smallest absolute Gasteiger partial charge is 0.262 e. The molecular weight excluding hydrogens is 252 g/mol. The lowest BCUT2D eigenvalue weighted by molar-refractivity contribution is 0.377. The van der Waals surface area contributed by atoms with Gasteiger partial charge in [0.05, 0.1) is 0 Å². The summed E-state index contributed by atoms with van der Waals surface area (Å²) < 4.78 is 26.7. The zero-order valence-corrected chi connectivity index (χ0v) is 11.6. The van der Waals surface area contributed by atoms with E-state index in [1.165, 1.54) is 0 Å². The largest absolute Gasteiger partial charge is 0.326 e. The molecule has 0 saturated carbocycles. The average molecular weight is 272 g/mol. The molecule has 18 heavy (non-hydrogen) atoms. The minimum absolute atomic E-state index is 0.0950. The fourth-order valence-electron chi connectivity index (χ4n) is 2.53. The van der Waals surface area contributed by atoms with Gasteiger partial charge in [-0.05, 0) is 26.2 Å². The molecule has 1 saturated heterocycles. The van der Waals surface area contributed by atoms with E-state index in [0.29, 0.717) is 12.1 Å². The number of aryl methyl sites for hydroxylation is 1. The zero-order valence-electron chi connectivity index (χ0n) is 10.8. The van der Waals surface area contributed by atoms with E-state index in [4.69, 9.17) is 5.73 Å². The van der Waals surface area contributed by atoms with Gasteiger partial charge in [0.25, 0.3) is 10.0 Å². The summed E-state index contributed by atoms with van der Waals surface area (Å²) in [5.74, 6) is 0. The molecule has 3 N–H and O–H groups in total. The molecule has 2 heterocycles. The third-order valence-corrected chi connectivity index (χ3v) is 5.51. The summed E-state index contributed by atoms with van der Waals surface area (Å²) in [4.78, 5) is 0. The second-order valence-corrected chi connectivity index (χ2v) is 6.46. The van der Waals surface area contributed by atoms with E-state index >= 15 is 0 Å². The van der Waals surface area contributed by atoms with Crippen LogP contribution in [0.5, 0.6) is 0 Å². The van der Waals surface area contributed by atoms with Crippen molar-refractivity contribution in [2.75, 3.05) is 6.54 Å². The molecule has 1 aromatic heterocycles. The van der Waals surface area contributed by atoms with Gasteiger partial charge in [-0.25, -0.2) is 8.42 Å². The summed E-state index contributed by atoms with van der Waals surface area (Å²) in [6.07, 6.45) is 2.68. The molecule has 7 heteroatoms. The summed E-state index contributed by atoms with van der Waals surface area (Å²) in [6, 6.07) is 0.0950. The van der Waals surface area contributed by atoms with Crippen LogP contribution in [0.4, 0.5) is 0 Å². The summed E-state index contributed by atoms with van der Waals surface area (Å²) in [6.45, 7) is 4.56. The third-order valence-electron chi connectivity index (χ3n) is 3.59. The van der Waals surface area contributed by atoms with Crippen LogP contribution < -0.4 is 5.73 Å². The Labute approximate surface area is 108 Å². The average Bonchev–Trinajstić information content (AvgIpc) is 2.94. The molecule has 1 aromatic rings. The molecule has 1 aliphatic heterocycles. The number of sulfonamides is 1. The molecule has 2 rings (SSSR count). The molecule has 0 amide bonds. The number of hydrogen-bond acceptors (Lipinski definition) is 4. The van der Waals surface area contributed by atoms with Crippen LogP contribution >= 0.6 is 0 Å². The summed E-state index contributed by atoms with van der Waals surface area (Å²) in [5.41, 5.74) is 6.93. The predicted molar refractivity (Wildman–Crippen MR) is 68.4 cm³/mol. The first-order valence-electron chi connectivity index (χ1n) is 6.28. The lowest BCUT2D eigenvalue weighted by atomic mass is 10.2. The fraction of sp³-hybridized carbons (Fsp3) is 0.727. The van der Waals surface area contributed by atoms with Gasteiger partial charge in [0, 0.05) is 30.4 Å². The van der Waals surface area contributed by atoms with Gasteiger partial charge < -0.3 is 5.73 Å². The van der Waals surface area contributed by atoms with Crippen molar-refractivity contribution >= 4 is 10.0 Å². The molecule has 0 aromatic carbocycles. The van der Waals surface area contributed by atoms with Crippen molar-refractivity contribution in [3.63, 3.8) is 0 Å². The van der Waals surface area contributed by atoms with E-state index in [1.54, 1.807) is 11.2 Å². The Kier molecular flexibility index (Phi) is 3.74. The quantitative estimate of drug-likeness (QED) is 0.845. The van der Waals surface area contributed by atoms with Gasteiger partial charge in [0.2, 0.25) is 0 Å². The van der Waals surface area contributed by atoms with Crippen LogP contribution in [0.2, 0.25) is 0 Å². The maximum Gasteiger partial charge on any atom is 0.262 e. The number of nitrogens with one attached hydrogen (secondary N) is 1. The maximum absolute atomic E-state index is 12.6. The van der Waals surface area contributed by atoms with Crippen LogP contribution in [0.1, 0.15) is 37.4 Å². The van der Waals surface area contributed by atoms with Crippen LogP contribution in [0, 0.1) is 6.92 Å². The van der Waals surface area contributed by atoms with Gasteiger partial charge >= 0.3 is 0 Å². The standard InChI is InChI=1S/C11H20N4O2S/c1-3-9-5-4-6-15(9)18(16,17)11-10(7-12)8(2)13-14-11/h9H,3-7,12H2,1-2H3,(H,13,14). The van der Waals surface area contributed by atoms with E-state index in [1.807, 2.05) is 6.92 Å². The van der Waals surface area contributed by atoms with Crippen LogP contribution in [0.25, 0.3) is 0 Å². The normalized spacial score (nSPS) is 21.6. The van der Waals surface area contributed by atoms with Crippen molar-refractivity contribution in [1.29, 1.82) is 0 Å².